The van der Waals surface area contributed by atoms with Gasteiger partial charge in [-0.2, -0.15) is 0 Å². The lowest BCUT2D eigenvalue weighted by Gasteiger charge is -2.10. The standard InChI is InChI=1S/C12H15BrN2O/c1-2-3-11(14)12(16)15-8-9-4-6-10(13)7-5-9/h2,4-7,11H,1,3,8,14H2,(H,15,16). The van der Waals surface area contributed by atoms with Crippen molar-refractivity contribution in [3.05, 3.63) is 47.0 Å². The van der Waals surface area contributed by atoms with Crippen LogP contribution < -0.4 is 11.1 Å². The van der Waals surface area contributed by atoms with E-state index in [-0.39, 0.29) is 5.91 Å². The molecule has 0 radical (unpaired) electrons. The maximum Gasteiger partial charge on any atom is 0.237 e. The van der Waals surface area contributed by atoms with Crippen molar-refractivity contribution in [2.75, 3.05) is 0 Å². The van der Waals surface area contributed by atoms with Crippen molar-refractivity contribution in [3.8, 4) is 0 Å². The van der Waals surface area contributed by atoms with Crippen LogP contribution in [0, 0.1) is 0 Å². The number of halogens is 1. The zero-order valence-corrected chi connectivity index (χ0v) is 10.5. The molecule has 0 aliphatic rings. The molecule has 16 heavy (non-hydrogen) atoms. The number of carbonyl (C=O) groups excluding carboxylic acids is 1. The largest absolute Gasteiger partial charge is 0.351 e. The Morgan fingerprint density at radius 1 is 1.50 bits per heavy atom. The Hall–Kier alpha value is -1.13. The van der Waals surface area contributed by atoms with Gasteiger partial charge >= 0.3 is 0 Å². The number of amides is 1. The average Bonchev–Trinajstić information content (AvgIpc) is 2.28. The van der Waals surface area contributed by atoms with E-state index in [0.29, 0.717) is 13.0 Å². The number of nitrogens with two attached hydrogens (primary N) is 1. The van der Waals surface area contributed by atoms with Gasteiger partial charge in [-0.15, -0.1) is 6.58 Å². The molecule has 0 bridgehead atoms. The molecule has 1 amide bonds. The van der Waals surface area contributed by atoms with Gasteiger partial charge in [-0.3, -0.25) is 4.79 Å². The van der Waals surface area contributed by atoms with Crippen molar-refractivity contribution >= 4 is 21.8 Å². The second kappa shape index (κ2) is 6.45. The normalized spacial score (nSPS) is 11.9. The maximum atomic E-state index is 11.5. The molecule has 3 N–H and O–H groups in total. The zero-order chi connectivity index (χ0) is 12.0. The van der Waals surface area contributed by atoms with Crippen molar-refractivity contribution in [2.24, 2.45) is 5.73 Å². The molecule has 86 valence electrons. The van der Waals surface area contributed by atoms with Crippen LogP contribution in [0.25, 0.3) is 0 Å². The lowest BCUT2D eigenvalue weighted by Crippen LogP contribution is -2.39. The van der Waals surface area contributed by atoms with E-state index in [1.165, 1.54) is 0 Å². The summed E-state index contributed by atoms with van der Waals surface area (Å²) in [4.78, 5) is 11.5. The predicted molar refractivity (Wildman–Crippen MR) is 68.8 cm³/mol. The fraction of sp³-hybridized carbons (Fsp3) is 0.250. The summed E-state index contributed by atoms with van der Waals surface area (Å²) in [5, 5.41) is 2.78. The van der Waals surface area contributed by atoms with E-state index in [9.17, 15) is 4.79 Å². The first-order chi connectivity index (χ1) is 7.63. The van der Waals surface area contributed by atoms with Crippen LogP contribution in [0.3, 0.4) is 0 Å². The van der Waals surface area contributed by atoms with Crippen molar-refractivity contribution in [1.29, 1.82) is 0 Å². The fourth-order valence-corrected chi connectivity index (χ4v) is 1.47. The van der Waals surface area contributed by atoms with E-state index in [0.717, 1.165) is 10.0 Å². The first kappa shape index (κ1) is 12.9. The molecule has 1 aromatic rings. The second-order valence-electron chi connectivity index (χ2n) is 3.48. The summed E-state index contributed by atoms with van der Waals surface area (Å²) in [5.74, 6) is -0.150. The lowest BCUT2D eigenvalue weighted by atomic mass is 10.2. The minimum atomic E-state index is -0.507. The summed E-state index contributed by atoms with van der Waals surface area (Å²) in [6, 6.07) is 7.26. The predicted octanol–water partition coefficient (Wildman–Crippen LogP) is 1.97. The Labute approximate surface area is 104 Å². The van der Waals surface area contributed by atoms with Crippen molar-refractivity contribution in [2.45, 2.75) is 19.0 Å². The molecule has 1 rings (SSSR count). The van der Waals surface area contributed by atoms with Crippen LogP contribution in [0.15, 0.2) is 41.4 Å². The fourth-order valence-electron chi connectivity index (χ4n) is 1.21. The van der Waals surface area contributed by atoms with E-state index in [1.807, 2.05) is 24.3 Å². The molecular formula is C12H15BrN2O. The van der Waals surface area contributed by atoms with E-state index >= 15 is 0 Å². The molecule has 1 atom stereocenters. The highest BCUT2D eigenvalue weighted by Crippen LogP contribution is 2.10. The van der Waals surface area contributed by atoms with E-state index in [1.54, 1.807) is 6.08 Å². The third-order valence-electron chi connectivity index (χ3n) is 2.14. The van der Waals surface area contributed by atoms with Gasteiger partial charge in [-0.25, -0.2) is 0 Å². The molecule has 0 aliphatic heterocycles. The molecule has 0 spiro atoms. The highest BCUT2D eigenvalue weighted by Gasteiger charge is 2.10. The highest BCUT2D eigenvalue weighted by molar-refractivity contribution is 9.10. The molecule has 1 unspecified atom stereocenters. The van der Waals surface area contributed by atoms with Gasteiger partial charge in [0.25, 0.3) is 0 Å². The quantitative estimate of drug-likeness (QED) is 0.812. The number of nitrogens with one attached hydrogen (secondary N) is 1. The summed E-state index contributed by atoms with van der Waals surface area (Å²) in [6.07, 6.45) is 2.13. The second-order valence-corrected chi connectivity index (χ2v) is 4.39. The minimum Gasteiger partial charge on any atom is -0.351 e. The Bertz CT molecular complexity index is 362. The van der Waals surface area contributed by atoms with Gasteiger partial charge in [-0.05, 0) is 24.1 Å². The third-order valence-corrected chi connectivity index (χ3v) is 2.67. The monoisotopic (exact) mass is 282 g/mol. The maximum absolute atomic E-state index is 11.5. The van der Waals surface area contributed by atoms with Crippen molar-refractivity contribution in [3.63, 3.8) is 0 Å². The number of hydrogen-bond donors (Lipinski definition) is 2. The molecule has 1 aromatic carbocycles. The Morgan fingerprint density at radius 3 is 2.69 bits per heavy atom. The molecule has 0 aliphatic carbocycles. The molecule has 0 aromatic heterocycles. The number of rotatable bonds is 5. The first-order valence-corrected chi connectivity index (χ1v) is 5.81. The summed E-state index contributed by atoms with van der Waals surface area (Å²) in [6.45, 7) is 4.04. The van der Waals surface area contributed by atoms with Crippen molar-refractivity contribution in [1.82, 2.24) is 5.32 Å². The van der Waals surface area contributed by atoms with Gasteiger partial charge in [0.2, 0.25) is 5.91 Å². The smallest absolute Gasteiger partial charge is 0.237 e. The van der Waals surface area contributed by atoms with Crippen LogP contribution in [-0.2, 0) is 11.3 Å². The summed E-state index contributed by atoms with van der Waals surface area (Å²) >= 11 is 3.35. The molecule has 0 fully saturated rings. The van der Waals surface area contributed by atoms with E-state index in [2.05, 4.69) is 27.8 Å². The van der Waals surface area contributed by atoms with Crippen LogP contribution in [0.2, 0.25) is 0 Å². The first-order valence-electron chi connectivity index (χ1n) is 5.02. The molecule has 0 heterocycles. The summed E-state index contributed by atoms with van der Waals surface area (Å²) in [7, 11) is 0. The number of carbonyl (C=O) groups is 1. The topological polar surface area (TPSA) is 55.1 Å². The average molecular weight is 283 g/mol. The Morgan fingerprint density at radius 2 is 2.12 bits per heavy atom. The molecule has 3 nitrogen and oxygen atoms in total. The van der Waals surface area contributed by atoms with Gasteiger partial charge < -0.3 is 11.1 Å². The highest BCUT2D eigenvalue weighted by atomic mass is 79.9. The summed E-state index contributed by atoms with van der Waals surface area (Å²) < 4.78 is 1.02. The SMILES string of the molecule is C=CCC(N)C(=O)NCc1ccc(Br)cc1. The van der Waals surface area contributed by atoms with Gasteiger partial charge in [0.05, 0.1) is 6.04 Å². The van der Waals surface area contributed by atoms with Crippen LogP contribution in [-0.4, -0.2) is 11.9 Å². The van der Waals surface area contributed by atoms with Gasteiger partial charge in [-0.1, -0.05) is 34.1 Å². The number of benzene rings is 1. The molecule has 0 saturated heterocycles. The van der Waals surface area contributed by atoms with Crippen LogP contribution in [0.4, 0.5) is 0 Å². The summed E-state index contributed by atoms with van der Waals surface area (Å²) in [5.41, 5.74) is 6.67. The van der Waals surface area contributed by atoms with E-state index < -0.39 is 6.04 Å². The van der Waals surface area contributed by atoms with Gasteiger partial charge in [0.1, 0.15) is 0 Å². The third kappa shape index (κ3) is 4.16. The minimum absolute atomic E-state index is 0.150. The van der Waals surface area contributed by atoms with E-state index in [4.69, 9.17) is 5.73 Å². The van der Waals surface area contributed by atoms with Crippen LogP contribution in [0.1, 0.15) is 12.0 Å². The zero-order valence-electron chi connectivity index (χ0n) is 8.95. The Kier molecular flexibility index (Phi) is 5.22. The number of hydrogen-bond acceptors (Lipinski definition) is 2. The van der Waals surface area contributed by atoms with Crippen molar-refractivity contribution < 1.29 is 4.79 Å². The van der Waals surface area contributed by atoms with Crippen LogP contribution in [0.5, 0.6) is 0 Å². The lowest BCUT2D eigenvalue weighted by molar-refractivity contribution is -0.122. The van der Waals surface area contributed by atoms with Gasteiger partial charge in [0.15, 0.2) is 0 Å². The Balaban J connectivity index is 2.42. The van der Waals surface area contributed by atoms with Gasteiger partial charge in [0, 0.05) is 11.0 Å². The molecule has 4 heteroatoms. The molecular weight excluding hydrogens is 268 g/mol. The van der Waals surface area contributed by atoms with Crippen LogP contribution >= 0.6 is 15.9 Å². The molecule has 0 saturated carbocycles.